The Labute approximate surface area is 181 Å². The van der Waals surface area contributed by atoms with E-state index in [2.05, 4.69) is 5.32 Å². The molecule has 0 aromatic rings. The lowest BCUT2D eigenvalue weighted by molar-refractivity contribution is -0.303. The minimum Gasteiger partial charge on any atom is -0.467 e. The quantitative estimate of drug-likeness (QED) is 0.196. The summed E-state index contributed by atoms with van der Waals surface area (Å²) in [7, 11) is 1.62. The molecule has 0 unspecified atom stereocenters. The first-order chi connectivity index (χ1) is 14.6. The number of nitrogens with two attached hydrogens (primary N) is 4. The predicted octanol–water partition coefficient (Wildman–Crippen LogP) is -3.85. The van der Waals surface area contributed by atoms with E-state index in [4.69, 9.17) is 41.9 Å². The molecule has 12 N–H and O–H groups in total. The standard InChI is InChI=1S/C19H37N5O7/c1-19(27)7-28-18(13(26)16(19)24-2)31-15-11(23)5-10(22)14(12(15)25)30-17-9(21)4-3-8(6-20)29-17/h3,9-18,24-27H,4-7,20-23H2,1-2H3/t9-,10+,11-,12-,13+,14-,15+,16-,17+,18-,19+/m0/s1. The number of likely N-dealkylation sites (N-methyl/N-ethyl adjacent to an activating group) is 1. The van der Waals surface area contributed by atoms with Crippen LogP contribution >= 0.6 is 0 Å². The van der Waals surface area contributed by atoms with Gasteiger partial charge in [0.05, 0.1) is 25.2 Å². The smallest absolute Gasteiger partial charge is 0.215 e. The monoisotopic (exact) mass is 447 g/mol. The molecule has 0 aromatic heterocycles. The summed E-state index contributed by atoms with van der Waals surface area (Å²) in [5, 5.41) is 34.9. The van der Waals surface area contributed by atoms with E-state index >= 15 is 0 Å². The number of hydrogen-bond acceptors (Lipinski definition) is 12. The molecule has 12 nitrogen and oxygen atoms in total. The maximum absolute atomic E-state index is 11.0. The molecular formula is C19H37N5O7. The van der Waals surface area contributed by atoms with E-state index in [1.165, 1.54) is 0 Å². The third-order valence-corrected chi connectivity index (χ3v) is 6.22. The Bertz CT molecular complexity index is 639. The highest BCUT2D eigenvalue weighted by molar-refractivity contribution is 5.04. The van der Waals surface area contributed by atoms with Gasteiger partial charge in [0, 0.05) is 12.1 Å². The second-order valence-electron chi connectivity index (χ2n) is 8.81. The Morgan fingerprint density at radius 2 is 1.71 bits per heavy atom. The summed E-state index contributed by atoms with van der Waals surface area (Å²) in [5.74, 6) is 0.555. The zero-order valence-electron chi connectivity index (χ0n) is 18.0. The summed E-state index contributed by atoms with van der Waals surface area (Å²) in [6.45, 7) is 1.68. The fourth-order valence-electron chi connectivity index (χ4n) is 4.44. The van der Waals surface area contributed by atoms with E-state index in [-0.39, 0.29) is 13.2 Å². The second-order valence-corrected chi connectivity index (χ2v) is 8.81. The van der Waals surface area contributed by atoms with Gasteiger partial charge < -0.3 is 62.5 Å². The Morgan fingerprint density at radius 1 is 1.10 bits per heavy atom. The van der Waals surface area contributed by atoms with Gasteiger partial charge in [-0.1, -0.05) is 0 Å². The van der Waals surface area contributed by atoms with E-state index in [0.717, 1.165) is 0 Å². The maximum Gasteiger partial charge on any atom is 0.215 e. The number of hydrogen-bond donors (Lipinski definition) is 8. The largest absolute Gasteiger partial charge is 0.467 e. The molecule has 0 spiro atoms. The van der Waals surface area contributed by atoms with Gasteiger partial charge in [0.15, 0.2) is 6.29 Å². The third kappa shape index (κ3) is 5.20. The van der Waals surface area contributed by atoms with Gasteiger partial charge in [-0.2, -0.15) is 0 Å². The molecule has 0 aromatic carbocycles. The van der Waals surface area contributed by atoms with Crippen molar-refractivity contribution in [2.24, 2.45) is 22.9 Å². The molecule has 180 valence electrons. The Balaban J connectivity index is 1.69. The molecule has 2 heterocycles. The van der Waals surface area contributed by atoms with Crippen molar-refractivity contribution >= 4 is 0 Å². The number of nitrogens with one attached hydrogen (secondary N) is 1. The van der Waals surface area contributed by atoms with Gasteiger partial charge in [-0.3, -0.25) is 0 Å². The van der Waals surface area contributed by atoms with Gasteiger partial charge in [0.1, 0.15) is 35.8 Å². The summed E-state index contributed by atoms with van der Waals surface area (Å²) in [4.78, 5) is 0. The zero-order chi connectivity index (χ0) is 22.9. The molecule has 2 aliphatic heterocycles. The van der Waals surface area contributed by atoms with Crippen LogP contribution in [0, 0.1) is 0 Å². The zero-order valence-corrected chi connectivity index (χ0v) is 18.0. The lowest BCUT2D eigenvalue weighted by Crippen LogP contribution is -2.68. The van der Waals surface area contributed by atoms with Crippen molar-refractivity contribution in [2.75, 3.05) is 20.2 Å². The van der Waals surface area contributed by atoms with Crippen LogP contribution in [-0.4, -0.2) is 102 Å². The van der Waals surface area contributed by atoms with Crippen LogP contribution in [0.25, 0.3) is 0 Å². The highest BCUT2D eigenvalue weighted by atomic mass is 16.7. The topological polar surface area (TPSA) is 214 Å². The van der Waals surface area contributed by atoms with Crippen LogP contribution in [-0.2, 0) is 18.9 Å². The van der Waals surface area contributed by atoms with Crippen molar-refractivity contribution in [1.29, 1.82) is 0 Å². The minimum atomic E-state index is -1.29. The summed E-state index contributed by atoms with van der Waals surface area (Å²) >= 11 is 0. The Hall–Kier alpha value is -0.900. The summed E-state index contributed by atoms with van der Waals surface area (Å²) < 4.78 is 23.1. The Morgan fingerprint density at radius 3 is 2.29 bits per heavy atom. The van der Waals surface area contributed by atoms with Gasteiger partial charge in [-0.25, -0.2) is 0 Å². The first-order valence-electron chi connectivity index (χ1n) is 10.6. The molecule has 3 aliphatic rings. The predicted molar refractivity (Wildman–Crippen MR) is 110 cm³/mol. The van der Waals surface area contributed by atoms with Crippen LogP contribution < -0.4 is 28.3 Å². The van der Waals surface area contributed by atoms with E-state index < -0.39 is 66.8 Å². The lowest BCUT2D eigenvalue weighted by Gasteiger charge is -2.48. The van der Waals surface area contributed by atoms with Gasteiger partial charge in [0.2, 0.25) is 6.29 Å². The molecule has 31 heavy (non-hydrogen) atoms. The summed E-state index contributed by atoms with van der Waals surface area (Å²) in [6.07, 6.45) is -3.56. The normalized spacial score (nSPS) is 48.7. The second kappa shape index (κ2) is 9.93. The van der Waals surface area contributed by atoms with Crippen LogP contribution in [0.3, 0.4) is 0 Å². The van der Waals surface area contributed by atoms with E-state index in [1.807, 2.05) is 0 Å². The summed E-state index contributed by atoms with van der Waals surface area (Å²) in [5.41, 5.74) is 22.9. The molecule has 3 rings (SSSR count). The lowest BCUT2D eigenvalue weighted by atomic mass is 9.84. The van der Waals surface area contributed by atoms with Crippen LogP contribution in [0.1, 0.15) is 19.8 Å². The molecule has 11 atom stereocenters. The molecule has 1 saturated carbocycles. The number of rotatable bonds is 6. The molecule has 0 bridgehead atoms. The van der Waals surface area contributed by atoms with Crippen molar-refractivity contribution in [3.05, 3.63) is 11.8 Å². The number of aliphatic hydroxyl groups excluding tert-OH is 2. The molecule has 0 amide bonds. The van der Waals surface area contributed by atoms with Crippen LogP contribution in [0.2, 0.25) is 0 Å². The van der Waals surface area contributed by atoms with Crippen molar-refractivity contribution < 1.29 is 34.3 Å². The summed E-state index contributed by atoms with van der Waals surface area (Å²) in [6, 6.07) is -2.37. The van der Waals surface area contributed by atoms with Crippen LogP contribution in [0.15, 0.2) is 11.8 Å². The highest BCUT2D eigenvalue weighted by Crippen LogP contribution is 2.31. The van der Waals surface area contributed by atoms with Gasteiger partial charge >= 0.3 is 0 Å². The Kier molecular flexibility index (Phi) is 7.92. The van der Waals surface area contributed by atoms with E-state index in [9.17, 15) is 15.3 Å². The van der Waals surface area contributed by atoms with Crippen molar-refractivity contribution in [3.63, 3.8) is 0 Å². The van der Waals surface area contributed by atoms with Crippen molar-refractivity contribution in [2.45, 2.75) is 86.5 Å². The first-order valence-corrected chi connectivity index (χ1v) is 10.6. The number of aliphatic hydroxyl groups is 3. The van der Waals surface area contributed by atoms with Gasteiger partial charge in [0.25, 0.3) is 0 Å². The van der Waals surface area contributed by atoms with Crippen molar-refractivity contribution in [1.82, 2.24) is 5.32 Å². The van der Waals surface area contributed by atoms with Gasteiger partial charge in [-0.05, 0) is 32.9 Å². The molecule has 2 fully saturated rings. The van der Waals surface area contributed by atoms with E-state index in [0.29, 0.717) is 18.6 Å². The molecule has 12 heteroatoms. The maximum atomic E-state index is 11.0. The highest BCUT2D eigenvalue weighted by Gasteiger charge is 2.50. The average Bonchev–Trinajstić information content (AvgIpc) is 2.71. The van der Waals surface area contributed by atoms with Crippen LogP contribution in [0.5, 0.6) is 0 Å². The molecule has 1 aliphatic carbocycles. The fourth-order valence-corrected chi connectivity index (χ4v) is 4.44. The molecule has 0 radical (unpaired) electrons. The average molecular weight is 448 g/mol. The van der Waals surface area contributed by atoms with Crippen LogP contribution in [0.4, 0.5) is 0 Å². The molecule has 1 saturated heterocycles. The van der Waals surface area contributed by atoms with Crippen molar-refractivity contribution in [3.8, 4) is 0 Å². The molecular weight excluding hydrogens is 410 g/mol. The third-order valence-electron chi connectivity index (χ3n) is 6.22. The van der Waals surface area contributed by atoms with E-state index in [1.54, 1.807) is 20.0 Å². The SMILES string of the molecule is CN[C@H]1[C@@H](O)[C@H](O[C@H]2[C@@H](O)[C@@H](O[C@H]3OC(CN)=CC[C@@H]3N)[C@H](N)C[C@@H]2N)OC[C@@]1(C)O. The first kappa shape index (κ1) is 24.7. The minimum absolute atomic E-state index is 0.0727. The number of ether oxygens (including phenoxy) is 4. The fraction of sp³-hybridized carbons (Fsp3) is 0.895. The van der Waals surface area contributed by atoms with Gasteiger partial charge in [-0.15, -0.1) is 0 Å².